The van der Waals surface area contributed by atoms with E-state index in [-0.39, 0.29) is 6.04 Å². The molecule has 1 aromatic heterocycles. The summed E-state index contributed by atoms with van der Waals surface area (Å²) < 4.78 is 1.87. The van der Waals surface area contributed by atoms with Crippen LogP contribution in [0.1, 0.15) is 44.7 Å². The Bertz CT molecular complexity index is 364. The monoisotopic (exact) mass is 241 g/mol. The van der Waals surface area contributed by atoms with Crippen molar-refractivity contribution in [3.8, 4) is 0 Å². The minimum atomic E-state index is 0.209. The van der Waals surface area contributed by atoms with Crippen LogP contribution in [0, 0.1) is 5.41 Å². The van der Waals surface area contributed by atoms with Gasteiger partial charge in [0.15, 0.2) is 0 Å². The topological polar surface area (TPSA) is 43.8 Å². The maximum absolute atomic E-state index is 6.23. The summed E-state index contributed by atoms with van der Waals surface area (Å²) in [6, 6.07) is 0.209. The first-order chi connectivity index (χ1) is 7.41. The zero-order valence-electron chi connectivity index (χ0n) is 10.2. The molecule has 4 heteroatoms. The molecule has 2 unspecified atom stereocenters. The highest BCUT2D eigenvalue weighted by Gasteiger charge is 2.36. The lowest BCUT2D eigenvalue weighted by molar-refractivity contribution is 0.194. The van der Waals surface area contributed by atoms with Crippen LogP contribution in [0.25, 0.3) is 0 Å². The molecule has 3 nitrogen and oxygen atoms in total. The van der Waals surface area contributed by atoms with Gasteiger partial charge in [0, 0.05) is 19.0 Å². The van der Waals surface area contributed by atoms with Crippen LogP contribution >= 0.6 is 11.6 Å². The standard InChI is InChI=1S/C12H20ClN3/c1-12(2)5-4-10(14)8(6-12)11-9(13)7-15-16(11)3/h7-8,10H,4-6,14H2,1-3H3. The summed E-state index contributed by atoms with van der Waals surface area (Å²) in [6.45, 7) is 4.60. The van der Waals surface area contributed by atoms with Gasteiger partial charge >= 0.3 is 0 Å². The van der Waals surface area contributed by atoms with E-state index in [0.29, 0.717) is 11.3 Å². The zero-order chi connectivity index (χ0) is 11.9. The molecule has 1 saturated carbocycles. The molecule has 0 radical (unpaired) electrons. The predicted molar refractivity (Wildman–Crippen MR) is 66.6 cm³/mol. The molecule has 0 saturated heterocycles. The smallest absolute Gasteiger partial charge is 0.0821 e. The van der Waals surface area contributed by atoms with Crippen molar-refractivity contribution in [2.24, 2.45) is 18.2 Å². The van der Waals surface area contributed by atoms with Crippen molar-refractivity contribution in [2.45, 2.75) is 45.1 Å². The van der Waals surface area contributed by atoms with Crippen LogP contribution in [0.2, 0.25) is 5.02 Å². The van der Waals surface area contributed by atoms with Crippen LogP contribution < -0.4 is 5.73 Å². The number of aromatic nitrogens is 2. The van der Waals surface area contributed by atoms with Gasteiger partial charge in [-0.05, 0) is 24.7 Å². The van der Waals surface area contributed by atoms with E-state index in [1.165, 1.54) is 6.42 Å². The van der Waals surface area contributed by atoms with Gasteiger partial charge in [-0.15, -0.1) is 0 Å². The van der Waals surface area contributed by atoms with Crippen LogP contribution in [0.5, 0.6) is 0 Å². The average Bonchev–Trinajstić information content (AvgIpc) is 2.51. The second kappa shape index (κ2) is 4.04. The van der Waals surface area contributed by atoms with E-state index in [9.17, 15) is 0 Å². The first-order valence-electron chi connectivity index (χ1n) is 5.84. The van der Waals surface area contributed by atoms with Gasteiger partial charge in [0.2, 0.25) is 0 Å². The molecule has 1 aliphatic carbocycles. The highest BCUT2D eigenvalue weighted by Crippen LogP contribution is 2.44. The van der Waals surface area contributed by atoms with Crippen molar-refractivity contribution < 1.29 is 0 Å². The lowest BCUT2D eigenvalue weighted by Crippen LogP contribution is -2.38. The van der Waals surface area contributed by atoms with Gasteiger partial charge in [-0.25, -0.2) is 0 Å². The van der Waals surface area contributed by atoms with E-state index < -0.39 is 0 Å². The van der Waals surface area contributed by atoms with Gasteiger partial charge in [0.25, 0.3) is 0 Å². The molecule has 2 N–H and O–H groups in total. The second-order valence-corrected chi connectivity index (χ2v) is 6.09. The number of halogens is 1. The van der Waals surface area contributed by atoms with Crippen molar-refractivity contribution in [1.29, 1.82) is 0 Å². The van der Waals surface area contributed by atoms with Crippen LogP contribution in [-0.2, 0) is 7.05 Å². The largest absolute Gasteiger partial charge is 0.327 e. The Morgan fingerprint density at radius 1 is 1.56 bits per heavy atom. The Labute approximate surface area is 102 Å². The zero-order valence-corrected chi connectivity index (χ0v) is 11.0. The Hall–Kier alpha value is -0.540. The first kappa shape index (κ1) is 11.9. The molecule has 2 rings (SSSR count). The molecule has 1 fully saturated rings. The summed E-state index contributed by atoms with van der Waals surface area (Å²) >= 11 is 6.20. The highest BCUT2D eigenvalue weighted by molar-refractivity contribution is 6.31. The minimum Gasteiger partial charge on any atom is -0.327 e. The number of hydrogen-bond donors (Lipinski definition) is 1. The number of nitrogens with zero attached hydrogens (tertiary/aromatic N) is 2. The molecule has 16 heavy (non-hydrogen) atoms. The van der Waals surface area contributed by atoms with Crippen molar-refractivity contribution in [3.63, 3.8) is 0 Å². The molecule has 1 aliphatic rings. The van der Waals surface area contributed by atoms with Gasteiger partial charge in [0.05, 0.1) is 16.9 Å². The molecule has 0 spiro atoms. The summed E-state index contributed by atoms with van der Waals surface area (Å²) in [5.74, 6) is 0.337. The van der Waals surface area contributed by atoms with Gasteiger partial charge in [-0.1, -0.05) is 25.4 Å². The summed E-state index contributed by atoms with van der Waals surface area (Å²) in [7, 11) is 1.94. The van der Waals surface area contributed by atoms with Crippen LogP contribution in [-0.4, -0.2) is 15.8 Å². The van der Waals surface area contributed by atoms with Crippen molar-refractivity contribution >= 4 is 11.6 Å². The van der Waals surface area contributed by atoms with E-state index in [1.54, 1.807) is 6.20 Å². The third kappa shape index (κ3) is 2.11. The van der Waals surface area contributed by atoms with Gasteiger partial charge < -0.3 is 5.73 Å². The van der Waals surface area contributed by atoms with Crippen molar-refractivity contribution in [3.05, 3.63) is 16.9 Å². The summed E-state index contributed by atoms with van der Waals surface area (Å²) in [5.41, 5.74) is 7.68. The van der Waals surface area contributed by atoms with Crippen LogP contribution in [0.4, 0.5) is 0 Å². The molecular formula is C12H20ClN3. The van der Waals surface area contributed by atoms with Crippen molar-refractivity contribution in [1.82, 2.24) is 9.78 Å². The summed E-state index contributed by atoms with van der Waals surface area (Å²) in [5, 5.41) is 4.95. The van der Waals surface area contributed by atoms with Crippen LogP contribution in [0.15, 0.2) is 6.20 Å². The molecular weight excluding hydrogens is 222 g/mol. The molecule has 0 bridgehead atoms. The van der Waals surface area contributed by atoms with Crippen molar-refractivity contribution in [2.75, 3.05) is 0 Å². The SMILES string of the molecule is Cn1ncc(Cl)c1C1CC(C)(C)CCC1N. The first-order valence-corrected chi connectivity index (χ1v) is 6.21. The number of rotatable bonds is 1. The predicted octanol–water partition coefficient (Wildman–Crippen LogP) is 2.69. The number of hydrogen-bond acceptors (Lipinski definition) is 2. The molecule has 90 valence electrons. The maximum Gasteiger partial charge on any atom is 0.0821 e. The van der Waals surface area contributed by atoms with Gasteiger partial charge in [-0.2, -0.15) is 5.10 Å². The van der Waals surface area contributed by atoms with E-state index in [4.69, 9.17) is 17.3 Å². The van der Waals surface area contributed by atoms with E-state index in [2.05, 4.69) is 18.9 Å². The third-order valence-electron chi connectivity index (χ3n) is 3.73. The van der Waals surface area contributed by atoms with Gasteiger partial charge in [-0.3, -0.25) is 4.68 Å². The maximum atomic E-state index is 6.23. The highest BCUT2D eigenvalue weighted by atomic mass is 35.5. The fourth-order valence-corrected chi connectivity index (χ4v) is 3.05. The molecule has 1 aromatic rings. The molecule has 0 amide bonds. The van der Waals surface area contributed by atoms with E-state index in [0.717, 1.165) is 23.6 Å². The van der Waals surface area contributed by atoms with E-state index in [1.807, 2.05) is 11.7 Å². The fourth-order valence-electron chi connectivity index (χ4n) is 2.74. The lowest BCUT2D eigenvalue weighted by atomic mass is 9.69. The molecule has 2 atom stereocenters. The Morgan fingerprint density at radius 2 is 2.25 bits per heavy atom. The van der Waals surface area contributed by atoms with Crippen LogP contribution in [0.3, 0.4) is 0 Å². The fraction of sp³-hybridized carbons (Fsp3) is 0.750. The normalized spacial score (nSPS) is 29.3. The Balaban J connectivity index is 2.32. The summed E-state index contributed by atoms with van der Waals surface area (Å²) in [4.78, 5) is 0. The van der Waals surface area contributed by atoms with E-state index >= 15 is 0 Å². The molecule has 1 heterocycles. The lowest BCUT2D eigenvalue weighted by Gasteiger charge is -2.39. The number of nitrogens with two attached hydrogens (primary N) is 1. The Kier molecular flexibility index (Phi) is 3.01. The third-order valence-corrected chi connectivity index (χ3v) is 4.02. The van der Waals surface area contributed by atoms with Gasteiger partial charge in [0.1, 0.15) is 0 Å². The number of aryl methyl sites for hydroxylation is 1. The minimum absolute atomic E-state index is 0.209. The molecule has 0 aromatic carbocycles. The Morgan fingerprint density at radius 3 is 2.81 bits per heavy atom. The molecule has 0 aliphatic heterocycles. The average molecular weight is 242 g/mol. The second-order valence-electron chi connectivity index (χ2n) is 5.68. The quantitative estimate of drug-likeness (QED) is 0.822. The summed E-state index contributed by atoms with van der Waals surface area (Å²) in [6.07, 6.45) is 5.07.